The third-order valence-corrected chi connectivity index (χ3v) is 5.96. The topological polar surface area (TPSA) is 180 Å². The van der Waals surface area contributed by atoms with Crippen molar-refractivity contribution in [3.63, 3.8) is 0 Å². The van der Waals surface area contributed by atoms with Crippen LogP contribution < -0.4 is 5.73 Å². The molecule has 0 aromatic heterocycles. The fourth-order valence-corrected chi connectivity index (χ4v) is 4.19. The monoisotopic (exact) mass is 449 g/mol. The van der Waals surface area contributed by atoms with Gasteiger partial charge in [-0.15, -0.1) is 5.11 Å². The van der Waals surface area contributed by atoms with Gasteiger partial charge in [-0.25, -0.2) is 0 Å². The predicted molar refractivity (Wildman–Crippen MR) is 110 cm³/mol. The van der Waals surface area contributed by atoms with Crippen LogP contribution in [0, 0.1) is 0 Å². The van der Waals surface area contributed by atoms with Crippen molar-refractivity contribution < 1.29 is 31.0 Å². The molecule has 0 aliphatic carbocycles. The van der Waals surface area contributed by atoms with Crippen LogP contribution >= 0.6 is 0 Å². The molecule has 0 aliphatic heterocycles. The molecule has 0 saturated carbocycles. The van der Waals surface area contributed by atoms with Crippen LogP contribution in [-0.2, 0) is 20.2 Å². The number of hydrogen-bond donors (Lipinski definition) is 4. The number of hydrogen-bond acceptors (Lipinski definition) is 8. The Morgan fingerprint density at radius 3 is 2.03 bits per heavy atom. The minimum Gasteiger partial charge on any atom is -0.505 e. The molecule has 5 N–H and O–H groups in total. The highest BCUT2D eigenvalue weighted by Crippen LogP contribution is 2.43. The zero-order valence-corrected chi connectivity index (χ0v) is 16.7. The van der Waals surface area contributed by atoms with E-state index in [-0.39, 0.29) is 11.1 Å². The first-order chi connectivity index (χ1) is 13.9. The number of fused-ring (bicyclic) bond motifs is 1. The maximum atomic E-state index is 11.7. The molecule has 0 bridgehead atoms. The molecular weight excluding hydrogens is 434 g/mol. The predicted octanol–water partition coefficient (Wildman–Crippen LogP) is 3.68. The van der Waals surface area contributed by atoms with Crippen molar-refractivity contribution in [1.29, 1.82) is 0 Å². The van der Waals surface area contributed by atoms with Crippen molar-refractivity contribution in [2.24, 2.45) is 10.2 Å². The van der Waals surface area contributed by atoms with Gasteiger partial charge >= 0.3 is 0 Å². The van der Waals surface area contributed by atoms with Crippen molar-refractivity contribution in [3.05, 3.63) is 54.6 Å². The Bertz CT molecular complexity index is 1410. The number of nitrogens with zero attached hydrogens (tertiary/aromatic N) is 2. The number of benzene rings is 3. The zero-order valence-electron chi connectivity index (χ0n) is 15.1. The molecule has 0 saturated heterocycles. The van der Waals surface area contributed by atoms with Gasteiger partial charge in [0.1, 0.15) is 15.5 Å². The van der Waals surface area contributed by atoms with Gasteiger partial charge < -0.3 is 10.8 Å². The quantitative estimate of drug-likeness (QED) is 0.258. The lowest BCUT2D eigenvalue weighted by Gasteiger charge is -2.13. The fraction of sp³-hybridized carbons (Fsp3) is 0. The molecule has 3 rings (SSSR count). The maximum Gasteiger partial charge on any atom is 0.296 e. The second-order valence-corrected chi connectivity index (χ2v) is 8.87. The molecule has 3 aromatic rings. The van der Waals surface area contributed by atoms with Gasteiger partial charge in [0, 0.05) is 5.39 Å². The summed E-state index contributed by atoms with van der Waals surface area (Å²) in [6, 6.07) is 9.62. The summed E-state index contributed by atoms with van der Waals surface area (Å²) in [6.45, 7) is 3.63. The van der Waals surface area contributed by atoms with Crippen molar-refractivity contribution in [2.45, 2.75) is 9.79 Å². The summed E-state index contributed by atoms with van der Waals surface area (Å²) in [7, 11) is -9.90. The third kappa shape index (κ3) is 4.02. The third-order valence-electron chi connectivity index (χ3n) is 4.18. The molecule has 3 aromatic carbocycles. The summed E-state index contributed by atoms with van der Waals surface area (Å²) in [4.78, 5) is -1.86. The fourth-order valence-electron chi connectivity index (χ4n) is 2.75. The number of nitrogens with two attached hydrogens (primary N) is 1. The number of anilines is 1. The summed E-state index contributed by atoms with van der Waals surface area (Å²) in [5, 5.41) is 17.7. The molecule has 0 unspecified atom stereocenters. The van der Waals surface area contributed by atoms with E-state index in [1.807, 2.05) is 0 Å². The Labute approximate surface area is 171 Å². The van der Waals surface area contributed by atoms with E-state index in [9.17, 15) is 31.0 Å². The number of nitrogen functional groups attached to an aromatic ring is 1. The molecule has 30 heavy (non-hydrogen) atoms. The SMILES string of the molecule is C=Cc1ccc(N=Nc2ccc3c(S(=O)(=O)O)cc(S(=O)(=O)O)c(N)c3c2O)cc1. The normalized spacial score (nSPS) is 12.5. The van der Waals surface area contributed by atoms with Gasteiger partial charge in [-0.1, -0.05) is 30.9 Å². The van der Waals surface area contributed by atoms with Gasteiger partial charge in [0.15, 0.2) is 5.75 Å². The number of rotatable bonds is 5. The standard InChI is InChI=1S/C18H15N3O7S2/c1-2-10-3-5-11(6-4-10)20-21-13-8-7-12-14(29(23,24)25)9-15(30(26,27)28)17(19)16(12)18(13)22/h2-9,22H,1,19H2,(H,23,24,25)(H,26,27,28). The van der Waals surface area contributed by atoms with E-state index in [0.29, 0.717) is 11.8 Å². The van der Waals surface area contributed by atoms with Crippen LogP contribution in [0.1, 0.15) is 5.56 Å². The first kappa shape index (κ1) is 21.4. The highest BCUT2D eigenvalue weighted by molar-refractivity contribution is 7.87. The highest BCUT2D eigenvalue weighted by atomic mass is 32.2. The molecule has 0 radical (unpaired) electrons. The Kier molecular flexibility index (Phi) is 5.34. The molecule has 156 valence electrons. The summed E-state index contributed by atoms with van der Waals surface area (Å²) in [6.07, 6.45) is 1.64. The van der Waals surface area contributed by atoms with Gasteiger partial charge in [-0.2, -0.15) is 21.9 Å². The Balaban J connectivity index is 2.27. The van der Waals surface area contributed by atoms with E-state index < -0.39 is 46.9 Å². The van der Waals surface area contributed by atoms with Crippen LogP contribution in [0.4, 0.5) is 17.1 Å². The van der Waals surface area contributed by atoms with E-state index in [2.05, 4.69) is 16.8 Å². The number of azo groups is 1. The van der Waals surface area contributed by atoms with Gasteiger partial charge in [0.25, 0.3) is 20.2 Å². The molecule has 0 aliphatic rings. The van der Waals surface area contributed by atoms with E-state index in [0.717, 1.165) is 11.6 Å². The van der Waals surface area contributed by atoms with E-state index in [1.54, 1.807) is 30.3 Å². The Morgan fingerprint density at radius 1 is 0.900 bits per heavy atom. The molecule has 0 spiro atoms. The van der Waals surface area contributed by atoms with E-state index in [1.165, 1.54) is 6.07 Å². The molecule has 10 nitrogen and oxygen atoms in total. The average Bonchev–Trinajstić information content (AvgIpc) is 2.66. The number of phenols is 1. The molecule has 0 fully saturated rings. The minimum absolute atomic E-state index is 0.157. The molecule has 0 atom stereocenters. The first-order valence-corrected chi connectivity index (χ1v) is 11.0. The first-order valence-electron chi connectivity index (χ1n) is 8.11. The number of phenolic OH excluding ortho intramolecular Hbond substituents is 1. The van der Waals surface area contributed by atoms with Crippen LogP contribution in [0.5, 0.6) is 5.75 Å². The Hall–Kier alpha value is -3.32. The van der Waals surface area contributed by atoms with Crippen LogP contribution in [0.15, 0.2) is 69.1 Å². The molecule has 0 heterocycles. The summed E-state index contributed by atoms with van der Waals surface area (Å²) >= 11 is 0. The van der Waals surface area contributed by atoms with Crippen LogP contribution in [0.2, 0.25) is 0 Å². The minimum atomic E-state index is -4.97. The van der Waals surface area contributed by atoms with Crippen molar-refractivity contribution in [2.75, 3.05) is 5.73 Å². The van der Waals surface area contributed by atoms with Crippen LogP contribution in [0.25, 0.3) is 16.8 Å². The highest BCUT2D eigenvalue weighted by Gasteiger charge is 2.26. The zero-order chi connectivity index (χ0) is 22.3. The summed E-state index contributed by atoms with van der Waals surface area (Å²) in [5.41, 5.74) is 6.27. The lowest BCUT2D eigenvalue weighted by atomic mass is 10.1. The van der Waals surface area contributed by atoms with Crippen LogP contribution in [0.3, 0.4) is 0 Å². The second-order valence-electron chi connectivity index (χ2n) is 6.09. The maximum absolute atomic E-state index is 11.7. The lowest BCUT2D eigenvalue weighted by Crippen LogP contribution is -2.08. The summed E-state index contributed by atoms with van der Waals surface area (Å²) < 4.78 is 65.4. The number of aromatic hydroxyl groups is 1. The van der Waals surface area contributed by atoms with Gasteiger partial charge in [0.2, 0.25) is 0 Å². The van der Waals surface area contributed by atoms with E-state index >= 15 is 0 Å². The largest absolute Gasteiger partial charge is 0.505 e. The lowest BCUT2D eigenvalue weighted by molar-refractivity contribution is 0.481. The van der Waals surface area contributed by atoms with E-state index in [4.69, 9.17) is 5.73 Å². The van der Waals surface area contributed by atoms with Gasteiger partial charge in [0.05, 0.1) is 16.8 Å². The summed E-state index contributed by atoms with van der Waals surface area (Å²) in [5.74, 6) is -0.688. The second kappa shape index (κ2) is 7.50. The molecule has 0 amide bonds. The molecular formula is C18H15N3O7S2. The Morgan fingerprint density at radius 2 is 1.50 bits per heavy atom. The van der Waals surface area contributed by atoms with Crippen molar-refractivity contribution >= 4 is 54.1 Å². The van der Waals surface area contributed by atoms with Gasteiger partial charge in [-0.3, -0.25) is 9.11 Å². The smallest absolute Gasteiger partial charge is 0.296 e. The van der Waals surface area contributed by atoms with Crippen molar-refractivity contribution in [3.8, 4) is 5.75 Å². The van der Waals surface area contributed by atoms with Crippen LogP contribution in [-0.4, -0.2) is 31.0 Å². The average molecular weight is 449 g/mol. The molecule has 12 heteroatoms. The van der Waals surface area contributed by atoms with Gasteiger partial charge in [-0.05, 0) is 29.8 Å². The van der Waals surface area contributed by atoms with Crippen molar-refractivity contribution in [1.82, 2.24) is 0 Å².